The minimum Gasteiger partial charge on any atom is -0.512 e. The predicted octanol–water partition coefficient (Wildman–Crippen LogP) is 15.6. The Morgan fingerprint density at radius 1 is 0.857 bits per heavy atom. The second-order valence-corrected chi connectivity index (χ2v) is 25.7. The number of pyridine rings is 1. The molecule has 311 valence electrons. The van der Waals surface area contributed by atoms with Crippen molar-refractivity contribution in [2.24, 2.45) is 11.8 Å². The van der Waals surface area contributed by atoms with Gasteiger partial charge in [0.05, 0.1) is 5.76 Å². The van der Waals surface area contributed by atoms with E-state index in [1.54, 1.807) is 4.50 Å². The molecule has 0 spiro atoms. The Labute approximate surface area is 360 Å². The average molecular weight is 974 g/mol. The van der Waals surface area contributed by atoms with Crippen LogP contribution in [-0.2, 0) is 24.9 Å². The molecule has 0 unspecified atom stereocenters. The van der Waals surface area contributed by atoms with E-state index in [9.17, 15) is 9.90 Å². The number of carbonyl (C=O) groups excluding carboxylic acids is 1. The molecule has 2 aromatic carbocycles. The Hall–Kier alpha value is -2.11. The van der Waals surface area contributed by atoms with Crippen LogP contribution in [0.4, 0.5) is 0 Å². The summed E-state index contributed by atoms with van der Waals surface area (Å²) in [6.07, 6.45) is 16.3. The molecule has 1 radical (unpaired) electrons. The maximum atomic E-state index is 11.7. The van der Waals surface area contributed by atoms with Crippen LogP contribution in [0.1, 0.15) is 171 Å². The number of aliphatic hydroxyl groups excluding tert-OH is 1. The molecule has 1 fully saturated rings. The van der Waals surface area contributed by atoms with Crippen LogP contribution in [0.2, 0.25) is 15.6 Å². The third-order valence-corrected chi connectivity index (χ3v) is 23.4. The van der Waals surface area contributed by atoms with Crippen LogP contribution >= 0.6 is 11.3 Å². The summed E-state index contributed by atoms with van der Waals surface area (Å²) in [7, 11) is -2.03. The zero-order chi connectivity index (χ0) is 40.7. The number of aromatic nitrogens is 1. The van der Waals surface area contributed by atoms with Crippen molar-refractivity contribution < 1.29 is 30.0 Å². The number of hydrogen-bond donors (Lipinski definition) is 1. The fraction of sp³-hybridized carbons (Fsp3) is 0.600. The zero-order valence-corrected chi connectivity index (χ0v) is 41.5. The molecule has 56 heavy (non-hydrogen) atoms. The van der Waals surface area contributed by atoms with Crippen molar-refractivity contribution in [3.05, 3.63) is 71.6 Å². The van der Waals surface area contributed by atoms with Crippen molar-refractivity contribution in [3.8, 4) is 11.3 Å². The van der Waals surface area contributed by atoms with Crippen LogP contribution in [-0.4, -0.2) is 23.9 Å². The summed E-state index contributed by atoms with van der Waals surface area (Å²) < 4.78 is 3.11. The second-order valence-electron chi connectivity index (χ2n) is 18.4. The van der Waals surface area contributed by atoms with Gasteiger partial charge in [0.15, 0.2) is 5.78 Å². The van der Waals surface area contributed by atoms with Crippen LogP contribution in [0.3, 0.4) is 0 Å². The van der Waals surface area contributed by atoms with Gasteiger partial charge in [-0.3, -0.25) is 9.78 Å². The van der Waals surface area contributed by atoms with Gasteiger partial charge in [0.1, 0.15) is 8.07 Å². The van der Waals surface area contributed by atoms with E-state index in [1.165, 1.54) is 70.2 Å². The van der Waals surface area contributed by atoms with Gasteiger partial charge in [0.2, 0.25) is 0 Å². The van der Waals surface area contributed by atoms with Crippen LogP contribution in [0.25, 0.3) is 32.1 Å². The maximum Gasteiger partial charge on any atom is 0.162 e. The molecule has 0 saturated heterocycles. The number of ketones is 1. The normalized spacial score (nSPS) is 14.8. The van der Waals surface area contributed by atoms with Gasteiger partial charge in [0.25, 0.3) is 0 Å². The minimum absolute atomic E-state index is 0. The van der Waals surface area contributed by atoms with Crippen LogP contribution < -0.4 is 4.50 Å². The summed E-state index contributed by atoms with van der Waals surface area (Å²) in [6, 6.07) is 17.4. The van der Waals surface area contributed by atoms with E-state index in [4.69, 9.17) is 4.98 Å². The van der Waals surface area contributed by atoms with E-state index in [0.29, 0.717) is 5.92 Å². The number of hydrogen-bond acceptors (Lipinski definition) is 4. The molecule has 0 aliphatic heterocycles. The number of aliphatic hydroxyl groups is 1. The largest absolute Gasteiger partial charge is 0.512 e. The second kappa shape index (κ2) is 20.7. The molecule has 3 nitrogen and oxygen atoms in total. The summed E-state index contributed by atoms with van der Waals surface area (Å²) in [5, 5.41) is 14.3. The third-order valence-electron chi connectivity index (χ3n) is 13.4. The van der Waals surface area contributed by atoms with Gasteiger partial charge >= 0.3 is 0 Å². The first-order valence-corrected chi connectivity index (χ1v) is 24.7. The Bertz CT molecular complexity index is 1880. The molecule has 1 aliphatic rings. The third kappa shape index (κ3) is 9.83. The molecule has 2 aromatic heterocycles. The first-order valence-electron chi connectivity index (χ1n) is 21.8. The van der Waals surface area contributed by atoms with E-state index in [-0.39, 0.29) is 53.6 Å². The number of aryl methyl sites for hydroxylation is 1. The Kier molecular flexibility index (Phi) is 17.9. The van der Waals surface area contributed by atoms with Crippen LogP contribution in [0.5, 0.6) is 0 Å². The van der Waals surface area contributed by atoms with Gasteiger partial charge in [-0.1, -0.05) is 157 Å². The number of fused-ring (bicyclic) bond motifs is 2. The number of allylic oxidation sites excluding steroid dienone is 2. The van der Waals surface area contributed by atoms with E-state index >= 15 is 0 Å². The Morgan fingerprint density at radius 3 is 1.96 bits per heavy atom. The van der Waals surface area contributed by atoms with Crippen molar-refractivity contribution in [1.82, 2.24) is 4.98 Å². The number of thiophene rings is 1. The first kappa shape index (κ1) is 48.3. The fourth-order valence-electron chi connectivity index (χ4n) is 10.7. The van der Waals surface area contributed by atoms with E-state index in [0.717, 1.165) is 55.3 Å². The average Bonchev–Trinajstić information content (AvgIpc) is 3.48. The molecular weight excluding hydrogens is 899 g/mol. The molecule has 0 bridgehead atoms. The van der Waals surface area contributed by atoms with Crippen molar-refractivity contribution in [2.45, 2.75) is 182 Å². The van der Waals surface area contributed by atoms with Crippen LogP contribution in [0.15, 0.2) is 54.4 Å². The van der Waals surface area contributed by atoms with Gasteiger partial charge in [-0.05, 0) is 75.7 Å². The van der Waals surface area contributed by atoms with Crippen molar-refractivity contribution >= 4 is 50.6 Å². The smallest absolute Gasteiger partial charge is 0.162 e. The minimum atomic E-state index is -2.03. The molecule has 1 aliphatic carbocycles. The number of benzene rings is 2. The number of nitrogens with zero attached hydrogens (tertiary/aromatic N) is 1. The van der Waals surface area contributed by atoms with Crippen molar-refractivity contribution in [1.29, 1.82) is 0 Å². The summed E-state index contributed by atoms with van der Waals surface area (Å²) in [5.74, 6) is 1.09. The van der Waals surface area contributed by atoms with E-state index in [2.05, 4.69) is 122 Å². The van der Waals surface area contributed by atoms with Gasteiger partial charge in [0, 0.05) is 54.6 Å². The monoisotopic (exact) mass is 973 g/mol. The summed E-state index contributed by atoms with van der Waals surface area (Å²) in [6.45, 7) is 30.6. The standard InChI is InChI=1S/C37H50NSSi.C13H24O2.Ir/c1-10-26(11-2)32-24-28(23-27-17-15-16-20-31(27)32)33-34-30(21-22-38-33)25(3)35(39-34)40(36(4,5)6,37(7,8)9)29-18-13-12-14-19-29;1-5-10(6-2)12(14)9-13(15)11(7-3)8-4;/h15-17,20-22,24,26,29H,10-14,18-19H2,1-9H3;9-11,14H,5-8H2,1-4H3;/q-1;;/b;12-9-;. The van der Waals surface area contributed by atoms with Gasteiger partial charge in [-0.15, -0.1) is 29.1 Å². The predicted molar refractivity (Wildman–Crippen MR) is 245 cm³/mol. The molecule has 5 rings (SSSR count). The molecule has 4 aromatic rings. The summed E-state index contributed by atoms with van der Waals surface area (Å²) in [5.41, 5.74) is 6.11. The summed E-state index contributed by atoms with van der Waals surface area (Å²) >= 11 is 2.11. The van der Waals surface area contributed by atoms with E-state index in [1.807, 2.05) is 27.7 Å². The molecule has 1 saturated carbocycles. The molecule has 1 N–H and O–H groups in total. The molecule has 6 heteroatoms. The van der Waals surface area contributed by atoms with Gasteiger partial charge in [-0.25, -0.2) is 0 Å². The van der Waals surface area contributed by atoms with E-state index < -0.39 is 8.07 Å². The quantitative estimate of drug-likeness (QED) is 0.0629. The SMILES string of the molecule is CCC(CC)C(=O)/C=C(\O)C(CC)CC.CCC(CC)c1cc(-c2nccc3c(C)c([Si](C4CCCCC4)(C(C)(C)C)C(C)(C)C)sc23)[c-]c2ccccc12.[Ir]. The molecule has 0 atom stereocenters. The molecule has 0 amide bonds. The maximum absolute atomic E-state index is 11.7. The zero-order valence-electron chi connectivity index (χ0n) is 37.3. The van der Waals surface area contributed by atoms with Gasteiger partial charge in [-0.2, -0.15) is 11.3 Å². The number of rotatable bonds is 13. The van der Waals surface area contributed by atoms with Crippen LogP contribution in [0, 0.1) is 24.8 Å². The van der Waals surface area contributed by atoms with Gasteiger partial charge < -0.3 is 5.11 Å². The Morgan fingerprint density at radius 2 is 1.43 bits per heavy atom. The molecule has 2 heterocycles. The fourth-order valence-corrected chi connectivity index (χ4v) is 23.5. The topological polar surface area (TPSA) is 50.2 Å². The molecular formula is C50H74IrNO2SSi-. The number of carbonyl (C=O) groups is 1. The van der Waals surface area contributed by atoms with Crippen molar-refractivity contribution in [2.75, 3.05) is 0 Å². The first-order chi connectivity index (χ1) is 26.1. The Balaban J connectivity index is 0.000000448. The van der Waals surface area contributed by atoms with Crippen molar-refractivity contribution in [3.63, 3.8) is 0 Å². The summed E-state index contributed by atoms with van der Waals surface area (Å²) in [4.78, 5) is 16.8.